The monoisotopic (exact) mass is 227 g/mol. The number of benzene rings is 1. The van der Waals surface area contributed by atoms with E-state index in [-0.39, 0.29) is 11.5 Å². The summed E-state index contributed by atoms with van der Waals surface area (Å²) in [6, 6.07) is 2.85. The van der Waals surface area contributed by atoms with Gasteiger partial charge in [0.25, 0.3) is 5.91 Å². The number of carbonyl (C=O) groups is 1. The van der Waals surface area contributed by atoms with Gasteiger partial charge in [-0.05, 0) is 18.6 Å². The molecule has 2 nitrogen and oxygen atoms in total. The molecule has 88 valence electrons. The first kappa shape index (κ1) is 12.6. The van der Waals surface area contributed by atoms with Crippen molar-refractivity contribution in [2.45, 2.75) is 19.8 Å². The molecule has 0 spiro atoms. The summed E-state index contributed by atoms with van der Waals surface area (Å²) in [6.45, 7) is 2.60. The smallest absolute Gasteiger partial charge is 0.253 e. The van der Waals surface area contributed by atoms with E-state index in [0.717, 1.165) is 31.0 Å². The maximum atomic E-state index is 12.9. The molecule has 1 rings (SSSR count). The van der Waals surface area contributed by atoms with Crippen molar-refractivity contribution in [1.29, 1.82) is 0 Å². The summed E-state index contributed by atoms with van der Waals surface area (Å²) in [6.07, 6.45) is 1.84. The summed E-state index contributed by atoms with van der Waals surface area (Å²) in [5, 5.41) is 0. The van der Waals surface area contributed by atoms with E-state index in [9.17, 15) is 13.6 Å². The Hall–Kier alpha value is -1.45. The average Bonchev–Trinajstić information content (AvgIpc) is 2.23. The quantitative estimate of drug-likeness (QED) is 0.774. The van der Waals surface area contributed by atoms with Crippen molar-refractivity contribution in [3.8, 4) is 0 Å². The van der Waals surface area contributed by atoms with Crippen molar-refractivity contribution >= 4 is 5.91 Å². The molecule has 16 heavy (non-hydrogen) atoms. The highest BCUT2D eigenvalue weighted by Gasteiger charge is 2.13. The summed E-state index contributed by atoms with van der Waals surface area (Å²) in [4.78, 5) is 13.2. The van der Waals surface area contributed by atoms with Gasteiger partial charge in [-0.25, -0.2) is 8.78 Å². The van der Waals surface area contributed by atoms with Gasteiger partial charge in [0.1, 0.15) is 11.6 Å². The number of halogens is 2. The molecular weight excluding hydrogens is 212 g/mol. The van der Waals surface area contributed by atoms with Crippen LogP contribution in [0.15, 0.2) is 18.2 Å². The second-order valence-electron chi connectivity index (χ2n) is 3.74. The second-order valence-corrected chi connectivity index (χ2v) is 3.74. The van der Waals surface area contributed by atoms with Gasteiger partial charge < -0.3 is 4.90 Å². The van der Waals surface area contributed by atoms with E-state index in [1.54, 1.807) is 7.05 Å². The standard InChI is InChI=1S/C12H15F2NO/c1-3-4-5-15(2)12(16)9-6-10(13)8-11(14)7-9/h6-8H,3-5H2,1-2H3. The van der Waals surface area contributed by atoms with E-state index in [2.05, 4.69) is 0 Å². The second kappa shape index (κ2) is 5.58. The predicted molar refractivity (Wildman–Crippen MR) is 58.2 cm³/mol. The van der Waals surface area contributed by atoms with Crippen LogP contribution < -0.4 is 0 Å². The highest BCUT2D eigenvalue weighted by molar-refractivity contribution is 5.94. The molecule has 4 heteroatoms. The number of hydrogen-bond donors (Lipinski definition) is 0. The van der Waals surface area contributed by atoms with Gasteiger partial charge in [0, 0.05) is 25.2 Å². The van der Waals surface area contributed by atoms with Crippen LogP contribution in [-0.4, -0.2) is 24.4 Å². The van der Waals surface area contributed by atoms with Gasteiger partial charge in [-0.2, -0.15) is 0 Å². The van der Waals surface area contributed by atoms with Crippen LogP contribution in [0.5, 0.6) is 0 Å². The van der Waals surface area contributed by atoms with E-state index in [4.69, 9.17) is 0 Å². The predicted octanol–water partition coefficient (Wildman–Crippen LogP) is 2.84. The van der Waals surface area contributed by atoms with Gasteiger partial charge in [0.2, 0.25) is 0 Å². The lowest BCUT2D eigenvalue weighted by Gasteiger charge is -2.16. The lowest BCUT2D eigenvalue weighted by Crippen LogP contribution is -2.27. The number of amides is 1. The summed E-state index contributed by atoms with van der Waals surface area (Å²) in [7, 11) is 1.63. The number of nitrogens with zero attached hydrogens (tertiary/aromatic N) is 1. The molecule has 0 bridgehead atoms. The fourth-order valence-corrected chi connectivity index (χ4v) is 1.39. The third-order valence-electron chi connectivity index (χ3n) is 2.30. The molecule has 0 saturated carbocycles. The molecule has 0 saturated heterocycles. The topological polar surface area (TPSA) is 20.3 Å². The van der Waals surface area contributed by atoms with Crippen LogP contribution in [-0.2, 0) is 0 Å². The Labute approximate surface area is 93.9 Å². The number of rotatable bonds is 4. The summed E-state index contributed by atoms with van der Waals surface area (Å²) in [5.74, 6) is -1.81. The highest BCUT2D eigenvalue weighted by atomic mass is 19.1. The van der Waals surface area contributed by atoms with Crippen LogP contribution in [0.2, 0.25) is 0 Å². The van der Waals surface area contributed by atoms with Crippen molar-refractivity contribution in [3.05, 3.63) is 35.4 Å². The molecule has 0 fully saturated rings. The molecule has 1 aromatic rings. The van der Waals surface area contributed by atoms with Crippen LogP contribution in [0.1, 0.15) is 30.1 Å². The molecule has 0 unspecified atom stereocenters. The number of hydrogen-bond acceptors (Lipinski definition) is 1. The van der Waals surface area contributed by atoms with Crippen molar-refractivity contribution in [2.75, 3.05) is 13.6 Å². The van der Waals surface area contributed by atoms with Gasteiger partial charge in [0.05, 0.1) is 0 Å². The van der Waals surface area contributed by atoms with Gasteiger partial charge in [-0.3, -0.25) is 4.79 Å². The molecule has 1 aromatic carbocycles. The first-order chi connectivity index (χ1) is 7.54. The third-order valence-corrected chi connectivity index (χ3v) is 2.30. The Balaban J connectivity index is 2.79. The van der Waals surface area contributed by atoms with Gasteiger partial charge >= 0.3 is 0 Å². The number of carbonyl (C=O) groups excluding carboxylic acids is 1. The molecule has 0 atom stereocenters. The highest BCUT2D eigenvalue weighted by Crippen LogP contribution is 2.10. The minimum Gasteiger partial charge on any atom is -0.342 e. The Kier molecular flexibility index (Phi) is 4.40. The van der Waals surface area contributed by atoms with Crippen molar-refractivity contribution < 1.29 is 13.6 Å². The van der Waals surface area contributed by atoms with Crippen LogP contribution in [0, 0.1) is 11.6 Å². The van der Waals surface area contributed by atoms with E-state index >= 15 is 0 Å². The van der Waals surface area contributed by atoms with Crippen LogP contribution in [0.25, 0.3) is 0 Å². The van der Waals surface area contributed by atoms with E-state index in [1.807, 2.05) is 6.92 Å². The minimum atomic E-state index is -0.729. The van der Waals surface area contributed by atoms with E-state index in [0.29, 0.717) is 6.54 Å². The lowest BCUT2D eigenvalue weighted by molar-refractivity contribution is 0.0792. The Morgan fingerprint density at radius 2 is 1.81 bits per heavy atom. The van der Waals surface area contributed by atoms with Crippen LogP contribution >= 0.6 is 0 Å². The summed E-state index contributed by atoms with van der Waals surface area (Å²) < 4.78 is 25.8. The zero-order chi connectivity index (χ0) is 12.1. The van der Waals surface area contributed by atoms with Gasteiger partial charge in [0.15, 0.2) is 0 Å². The maximum Gasteiger partial charge on any atom is 0.253 e. The van der Waals surface area contributed by atoms with E-state index in [1.165, 1.54) is 4.90 Å². The average molecular weight is 227 g/mol. The number of unbranched alkanes of at least 4 members (excludes halogenated alkanes) is 1. The van der Waals surface area contributed by atoms with E-state index < -0.39 is 11.6 Å². The summed E-state index contributed by atoms with van der Waals surface area (Å²) >= 11 is 0. The van der Waals surface area contributed by atoms with Crippen LogP contribution in [0.4, 0.5) is 8.78 Å². The Morgan fingerprint density at radius 1 is 1.25 bits per heavy atom. The largest absolute Gasteiger partial charge is 0.342 e. The molecule has 1 amide bonds. The third kappa shape index (κ3) is 3.29. The molecule has 0 N–H and O–H groups in total. The molecule has 0 aliphatic rings. The first-order valence-corrected chi connectivity index (χ1v) is 5.26. The Bertz CT molecular complexity index is 359. The molecule has 0 aromatic heterocycles. The summed E-state index contributed by atoms with van der Waals surface area (Å²) in [5.41, 5.74) is 0.0519. The molecule has 0 aliphatic carbocycles. The zero-order valence-electron chi connectivity index (χ0n) is 9.46. The van der Waals surface area contributed by atoms with Gasteiger partial charge in [-0.15, -0.1) is 0 Å². The fourth-order valence-electron chi connectivity index (χ4n) is 1.39. The van der Waals surface area contributed by atoms with Gasteiger partial charge in [-0.1, -0.05) is 13.3 Å². The molecular formula is C12H15F2NO. The zero-order valence-corrected chi connectivity index (χ0v) is 9.46. The van der Waals surface area contributed by atoms with Crippen molar-refractivity contribution in [2.24, 2.45) is 0 Å². The Morgan fingerprint density at radius 3 is 2.31 bits per heavy atom. The minimum absolute atomic E-state index is 0.0519. The normalized spacial score (nSPS) is 10.2. The van der Waals surface area contributed by atoms with Crippen molar-refractivity contribution in [1.82, 2.24) is 4.90 Å². The lowest BCUT2D eigenvalue weighted by atomic mass is 10.2. The molecule has 0 radical (unpaired) electrons. The van der Waals surface area contributed by atoms with Crippen LogP contribution in [0.3, 0.4) is 0 Å². The first-order valence-electron chi connectivity index (χ1n) is 5.26. The fraction of sp³-hybridized carbons (Fsp3) is 0.417. The molecule has 0 aliphatic heterocycles. The molecule has 0 heterocycles. The van der Waals surface area contributed by atoms with Crippen molar-refractivity contribution in [3.63, 3.8) is 0 Å². The SMILES string of the molecule is CCCCN(C)C(=O)c1cc(F)cc(F)c1. The maximum absolute atomic E-state index is 12.9.